The minimum Gasteiger partial charge on any atom is -0.489 e. The third kappa shape index (κ3) is 4.43. The molecule has 3 amide bonds. The maximum absolute atomic E-state index is 13.6. The van der Waals surface area contributed by atoms with Crippen LogP contribution in [0.4, 0.5) is 4.39 Å². The second-order valence-corrected chi connectivity index (χ2v) is 10.7. The molecule has 3 aliphatic heterocycles. The summed E-state index contributed by atoms with van der Waals surface area (Å²) >= 11 is 0. The standard InChI is InChI=1S/C29H29FN4O4/c30-20-5-7-22(17(11-20)13-31)19-14-33(15-19)24-3-1-2-4-26(24)38-21-6-8-23-18(12-21)16-34(29(23)37)25-9-10-27(35)32-28(25)36/h5-8,11-12,19,24-26H,1-4,9-10,14-16H2,(H,32,35,36)/t24-,25?,26-/m1/s1. The molecular formula is C29H29FN4O4. The van der Waals surface area contributed by atoms with Crippen molar-refractivity contribution < 1.29 is 23.5 Å². The summed E-state index contributed by atoms with van der Waals surface area (Å²) in [5.74, 6) is -0.388. The van der Waals surface area contributed by atoms with Gasteiger partial charge in [0.25, 0.3) is 5.91 Å². The smallest absolute Gasteiger partial charge is 0.255 e. The average molecular weight is 517 g/mol. The Labute approximate surface area is 220 Å². The Morgan fingerprint density at radius 3 is 2.63 bits per heavy atom. The van der Waals surface area contributed by atoms with Crippen molar-refractivity contribution in [3.8, 4) is 11.8 Å². The lowest BCUT2D eigenvalue weighted by Gasteiger charge is -2.48. The minimum atomic E-state index is -0.637. The Morgan fingerprint density at radius 2 is 1.84 bits per heavy atom. The van der Waals surface area contributed by atoms with Crippen LogP contribution in [0.5, 0.6) is 5.75 Å². The molecule has 0 bridgehead atoms. The van der Waals surface area contributed by atoms with Gasteiger partial charge in [0.1, 0.15) is 23.7 Å². The van der Waals surface area contributed by atoms with Crippen molar-refractivity contribution in [3.05, 3.63) is 64.5 Å². The van der Waals surface area contributed by atoms with E-state index in [9.17, 15) is 24.0 Å². The zero-order valence-corrected chi connectivity index (χ0v) is 21.0. The summed E-state index contributed by atoms with van der Waals surface area (Å²) < 4.78 is 20.1. The third-order valence-electron chi connectivity index (χ3n) is 8.40. The van der Waals surface area contributed by atoms with E-state index in [1.807, 2.05) is 12.1 Å². The number of carbonyl (C=O) groups excluding carboxylic acids is 3. The fourth-order valence-corrected chi connectivity index (χ4v) is 6.39. The number of nitriles is 1. The molecule has 3 fully saturated rings. The molecule has 0 aromatic heterocycles. The molecule has 2 aromatic rings. The maximum Gasteiger partial charge on any atom is 0.255 e. The van der Waals surface area contributed by atoms with Crippen LogP contribution in [-0.2, 0) is 16.1 Å². The van der Waals surface area contributed by atoms with Gasteiger partial charge in [0, 0.05) is 43.6 Å². The molecule has 3 atom stereocenters. The summed E-state index contributed by atoms with van der Waals surface area (Å²) in [6, 6.07) is 11.7. The van der Waals surface area contributed by atoms with Crippen molar-refractivity contribution in [2.45, 2.75) is 69.2 Å². The largest absolute Gasteiger partial charge is 0.489 e. The number of hydrogen-bond acceptors (Lipinski definition) is 6. The number of ether oxygens (including phenoxy) is 1. The molecule has 3 heterocycles. The van der Waals surface area contributed by atoms with Gasteiger partial charge < -0.3 is 9.64 Å². The van der Waals surface area contributed by atoms with Crippen LogP contribution in [0.1, 0.15) is 71.5 Å². The first-order valence-electron chi connectivity index (χ1n) is 13.3. The molecular weight excluding hydrogens is 487 g/mol. The van der Waals surface area contributed by atoms with Crippen molar-refractivity contribution in [2.75, 3.05) is 13.1 Å². The van der Waals surface area contributed by atoms with Crippen molar-refractivity contribution >= 4 is 17.7 Å². The molecule has 0 spiro atoms. The highest BCUT2D eigenvalue weighted by molar-refractivity contribution is 6.05. The first-order chi connectivity index (χ1) is 18.4. The molecule has 38 heavy (non-hydrogen) atoms. The monoisotopic (exact) mass is 516 g/mol. The summed E-state index contributed by atoms with van der Waals surface area (Å²) in [5.41, 5.74) is 2.71. The highest BCUT2D eigenvalue weighted by Gasteiger charge is 2.41. The molecule has 196 valence electrons. The van der Waals surface area contributed by atoms with Crippen molar-refractivity contribution in [1.29, 1.82) is 5.26 Å². The van der Waals surface area contributed by atoms with Gasteiger partial charge in [-0.2, -0.15) is 5.26 Å². The minimum absolute atomic E-state index is 0.00903. The Bertz CT molecular complexity index is 1350. The molecule has 6 rings (SSSR count). The quantitative estimate of drug-likeness (QED) is 0.612. The predicted molar refractivity (Wildman–Crippen MR) is 135 cm³/mol. The number of likely N-dealkylation sites (tertiary alicyclic amines) is 1. The fourth-order valence-electron chi connectivity index (χ4n) is 6.39. The van der Waals surface area contributed by atoms with Crippen LogP contribution in [0, 0.1) is 17.1 Å². The van der Waals surface area contributed by atoms with E-state index in [-0.39, 0.29) is 36.3 Å². The van der Waals surface area contributed by atoms with Crippen molar-refractivity contribution in [1.82, 2.24) is 15.1 Å². The van der Waals surface area contributed by atoms with Crippen LogP contribution < -0.4 is 10.1 Å². The molecule has 1 unspecified atom stereocenters. The van der Waals surface area contributed by atoms with Crippen molar-refractivity contribution in [2.24, 2.45) is 0 Å². The number of nitrogens with one attached hydrogen (secondary N) is 1. The Balaban J connectivity index is 1.12. The van der Waals surface area contributed by atoms with Crippen LogP contribution in [0.2, 0.25) is 0 Å². The lowest BCUT2D eigenvalue weighted by Crippen LogP contribution is -2.57. The number of piperidine rings is 1. The molecule has 4 aliphatic rings. The summed E-state index contributed by atoms with van der Waals surface area (Å²) in [6.07, 6.45) is 4.75. The second kappa shape index (κ2) is 9.84. The normalized spacial score (nSPS) is 25.9. The number of benzene rings is 2. The van der Waals surface area contributed by atoms with E-state index in [4.69, 9.17) is 4.74 Å². The van der Waals surface area contributed by atoms with Crippen LogP contribution in [0.25, 0.3) is 0 Å². The van der Waals surface area contributed by atoms with Crippen LogP contribution in [-0.4, -0.2) is 58.8 Å². The lowest BCUT2D eigenvalue weighted by atomic mass is 9.83. The van der Waals surface area contributed by atoms with Crippen LogP contribution >= 0.6 is 0 Å². The van der Waals surface area contributed by atoms with Gasteiger partial charge in [-0.25, -0.2) is 4.39 Å². The Morgan fingerprint density at radius 1 is 1.03 bits per heavy atom. The van der Waals surface area contributed by atoms with E-state index in [0.717, 1.165) is 49.9 Å². The van der Waals surface area contributed by atoms with Gasteiger partial charge in [-0.1, -0.05) is 12.5 Å². The molecule has 9 heteroatoms. The summed E-state index contributed by atoms with van der Waals surface area (Å²) in [4.78, 5) is 40.8. The molecule has 8 nitrogen and oxygen atoms in total. The van der Waals surface area contributed by atoms with Gasteiger partial charge in [-0.3, -0.25) is 24.6 Å². The third-order valence-corrected chi connectivity index (χ3v) is 8.40. The molecule has 1 saturated carbocycles. The number of amides is 3. The number of fused-ring (bicyclic) bond motifs is 1. The van der Waals surface area contributed by atoms with Gasteiger partial charge in [0.15, 0.2) is 0 Å². The molecule has 1 N–H and O–H groups in total. The van der Waals surface area contributed by atoms with E-state index in [2.05, 4.69) is 16.3 Å². The van der Waals surface area contributed by atoms with E-state index in [1.54, 1.807) is 17.0 Å². The number of carbonyl (C=O) groups is 3. The number of halogens is 1. The zero-order valence-electron chi connectivity index (χ0n) is 21.0. The Hall–Kier alpha value is -3.77. The number of rotatable bonds is 5. The summed E-state index contributed by atoms with van der Waals surface area (Å²) in [7, 11) is 0. The average Bonchev–Trinajstić information content (AvgIpc) is 3.20. The van der Waals surface area contributed by atoms with Gasteiger partial charge in [0.2, 0.25) is 11.8 Å². The van der Waals surface area contributed by atoms with E-state index >= 15 is 0 Å². The first kappa shape index (κ1) is 24.6. The maximum atomic E-state index is 13.6. The number of hydrogen-bond donors (Lipinski definition) is 1. The van der Waals surface area contributed by atoms with Gasteiger partial charge >= 0.3 is 0 Å². The zero-order chi connectivity index (χ0) is 26.4. The lowest BCUT2D eigenvalue weighted by molar-refractivity contribution is -0.136. The van der Waals surface area contributed by atoms with Crippen LogP contribution in [0.3, 0.4) is 0 Å². The summed E-state index contributed by atoms with van der Waals surface area (Å²) in [6.45, 7) is 1.94. The summed E-state index contributed by atoms with van der Waals surface area (Å²) in [5, 5.41) is 11.8. The molecule has 0 radical (unpaired) electrons. The predicted octanol–water partition coefficient (Wildman–Crippen LogP) is 3.25. The first-order valence-corrected chi connectivity index (χ1v) is 13.3. The SMILES string of the molecule is N#Cc1cc(F)ccc1C1CN([C@@H]2CCCC[C@H]2Oc2ccc3c(c2)CN(C2CCC(=O)NC2=O)C3=O)C1. The Kier molecular flexibility index (Phi) is 6.36. The van der Waals surface area contributed by atoms with Crippen LogP contribution in [0.15, 0.2) is 36.4 Å². The van der Waals surface area contributed by atoms with Gasteiger partial charge in [-0.15, -0.1) is 0 Å². The fraction of sp³-hybridized carbons (Fsp3) is 0.448. The molecule has 1 aliphatic carbocycles. The molecule has 2 aromatic carbocycles. The van der Waals surface area contributed by atoms with Crippen molar-refractivity contribution in [3.63, 3.8) is 0 Å². The molecule has 2 saturated heterocycles. The van der Waals surface area contributed by atoms with E-state index < -0.39 is 17.8 Å². The highest BCUT2D eigenvalue weighted by atomic mass is 19.1. The number of imide groups is 1. The highest BCUT2D eigenvalue weighted by Crippen LogP contribution is 2.37. The number of nitrogens with zero attached hydrogens (tertiary/aromatic N) is 3. The van der Waals surface area contributed by atoms with Gasteiger partial charge in [0.05, 0.1) is 11.6 Å². The topological polar surface area (TPSA) is 103 Å². The second-order valence-electron chi connectivity index (χ2n) is 10.7. The van der Waals surface area contributed by atoms with E-state index in [1.165, 1.54) is 12.1 Å². The van der Waals surface area contributed by atoms with E-state index in [0.29, 0.717) is 29.8 Å². The van der Waals surface area contributed by atoms with Gasteiger partial charge in [-0.05, 0) is 67.1 Å².